The van der Waals surface area contributed by atoms with E-state index in [4.69, 9.17) is 27.9 Å². The highest BCUT2D eigenvalue weighted by atomic mass is 35.5. The number of carbonyl (C=O) groups is 1. The van der Waals surface area contributed by atoms with Gasteiger partial charge < -0.3 is 20.1 Å². The van der Waals surface area contributed by atoms with Crippen molar-refractivity contribution in [3.05, 3.63) is 79.3 Å². The maximum absolute atomic E-state index is 12.9. The van der Waals surface area contributed by atoms with Crippen molar-refractivity contribution in [2.45, 2.75) is 51.2 Å². The van der Waals surface area contributed by atoms with Gasteiger partial charge in [0.15, 0.2) is 0 Å². The van der Waals surface area contributed by atoms with E-state index >= 15 is 0 Å². The Morgan fingerprint density at radius 3 is 1.85 bits per heavy atom. The summed E-state index contributed by atoms with van der Waals surface area (Å²) < 4.78 is 82.1. The Balaban J connectivity index is 0.000000238. The zero-order chi connectivity index (χ0) is 34.7. The number of benzene rings is 2. The molecular formula is C30H28Cl2F6N4O5. The Hall–Kier alpha value is -4.11. The van der Waals surface area contributed by atoms with Crippen molar-refractivity contribution in [1.29, 1.82) is 0 Å². The summed E-state index contributed by atoms with van der Waals surface area (Å²) in [7, 11) is 0. The third-order valence-electron chi connectivity index (χ3n) is 7.18. The first-order valence-corrected chi connectivity index (χ1v) is 14.9. The van der Waals surface area contributed by atoms with Gasteiger partial charge in [-0.15, -0.1) is 0 Å². The minimum Gasteiger partial charge on any atom is -0.507 e. The molecule has 1 fully saturated rings. The number of halogens is 8. The van der Waals surface area contributed by atoms with Crippen molar-refractivity contribution >= 4 is 56.8 Å². The van der Waals surface area contributed by atoms with E-state index in [1.165, 1.54) is 36.4 Å². The molecule has 0 radical (unpaired) electrons. The number of nitrogens with one attached hydrogen (secondary N) is 1. The lowest BCUT2D eigenvalue weighted by molar-refractivity contribution is -0.141. The van der Waals surface area contributed by atoms with E-state index in [1.54, 1.807) is 17.9 Å². The summed E-state index contributed by atoms with van der Waals surface area (Å²) in [6.45, 7) is 0.231. The van der Waals surface area contributed by atoms with Gasteiger partial charge in [0.25, 0.3) is 11.1 Å². The third kappa shape index (κ3) is 9.25. The van der Waals surface area contributed by atoms with Crippen LogP contribution in [-0.4, -0.2) is 63.3 Å². The molecule has 47 heavy (non-hydrogen) atoms. The minimum atomic E-state index is -4.52. The molecule has 4 aromatic rings. The van der Waals surface area contributed by atoms with Crippen molar-refractivity contribution in [3.63, 3.8) is 0 Å². The van der Waals surface area contributed by atoms with E-state index in [-0.39, 0.29) is 33.6 Å². The molecular weight excluding hydrogens is 681 g/mol. The van der Waals surface area contributed by atoms with Gasteiger partial charge in [0.05, 0.1) is 17.6 Å². The second-order valence-corrected chi connectivity index (χ2v) is 11.5. The number of carbonyl (C=O) groups excluding carboxylic acids is 1. The molecule has 0 unspecified atom stereocenters. The number of piperidine rings is 1. The Bertz CT molecular complexity index is 1890. The molecule has 17 heteroatoms. The van der Waals surface area contributed by atoms with E-state index in [0.29, 0.717) is 57.8 Å². The number of aromatic hydroxyl groups is 1. The predicted octanol–water partition coefficient (Wildman–Crippen LogP) is 7.17. The summed E-state index contributed by atoms with van der Waals surface area (Å²) in [4.78, 5) is 37.3. The average Bonchev–Trinajstić information content (AvgIpc) is 2.97. The standard InChI is InChI=1S/C19H21ClF3N3O3.C11H7ClF3NO2/c1-2-29-18(28)25-7-5-13(6-8-25)24-15-10-17(27)26(11-19(21,22)23)16-4-3-12(20)9-14(15)16;12-6-1-2-8-7(3-6)9(17)4-10(18)16(8)5-11(13,14)15/h3-4,9-10,13,24H,2,5-8,11H2,1H3;1-4,17H,5H2. The Morgan fingerprint density at radius 1 is 0.851 bits per heavy atom. The van der Waals surface area contributed by atoms with Crippen molar-refractivity contribution in [3.8, 4) is 5.75 Å². The highest BCUT2D eigenvalue weighted by Gasteiger charge is 2.31. The molecule has 2 aromatic heterocycles. The number of aromatic nitrogens is 2. The van der Waals surface area contributed by atoms with E-state index in [0.717, 1.165) is 6.07 Å². The minimum absolute atomic E-state index is 0.0123. The summed E-state index contributed by atoms with van der Waals surface area (Å²) in [5.41, 5.74) is -1.09. The first-order chi connectivity index (χ1) is 22.0. The number of rotatable bonds is 5. The topological polar surface area (TPSA) is 106 Å². The zero-order valence-corrected chi connectivity index (χ0v) is 26.1. The Labute approximate surface area is 272 Å². The van der Waals surface area contributed by atoms with Crippen LogP contribution in [0.2, 0.25) is 10.0 Å². The molecule has 254 valence electrons. The van der Waals surface area contributed by atoms with E-state index in [1.807, 2.05) is 0 Å². The highest BCUT2D eigenvalue weighted by molar-refractivity contribution is 6.31. The van der Waals surface area contributed by atoms with Crippen LogP contribution < -0.4 is 16.4 Å². The average molecular weight is 709 g/mol. The number of alkyl halides is 6. The van der Waals surface area contributed by atoms with Gasteiger partial charge in [-0.25, -0.2) is 4.79 Å². The summed E-state index contributed by atoms with van der Waals surface area (Å²) in [6, 6.07) is 10.2. The molecule has 5 rings (SSSR count). The zero-order valence-electron chi connectivity index (χ0n) is 24.6. The molecule has 0 bridgehead atoms. The van der Waals surface area contributed by atoms with Crippen LogP contribution in [0, 0.1) is 0 Å². The smallest absolute Gasteiger partial charge is 0.409 e. The van der Waals surface area contributed by atoms with E-state index in [9.17, 15) is 45.8 Å². The van der Waals surface area contributed by atoms with Gasteiger partial charge in [-0.3, -0.25) is 18.7 Å². The first kappa shape index (κ1) is 35.7. The van der Waals surface area contributed by atoms with Crippen molar-refractivity contribution in [1.82, 2.24) is 14.0 Å². The number of hydrogen-bond donors (Lipinski definition) is 2. The second-order valence-electron chi connectivity index (χ2n) is 10.6. The molecule has 0 atom stereocenters. The molecule has 1 amide bonds. The lowest BCUT2D eigenvalue weighted by Gasteiger charge is -2.32. The third-order valence-corrected chi connectivity index (χ3v) is 7.65. The number of anilines is 1. The first-order valence-electron chi connectivity index (χ1n) is 14.1. The Kier molecular flexibility index (Phi) is 10.9. The molecule has 0 saturated carbocycles. The molecule has 1 aliphatic rings. The maximum atomic E-state index is 12.9. The molecule has 0 spiro atoms. The largest absolute Gasteiger partial charge is 0.507 e. The number of ether oxygens (including phenoxy) is 1. The van der Waals surface area contributed by atoms with Gasteiger partial charge in [-0.05, 0) is 56.2 Å². The van der Waals surface area contributed by atoms with Crippen LogP contribution in [0.15, 0.2) is 58.1 Å². The Morgan fingerprint density at radius 2 is 1.34 bits per heavy atom. The number of hydrogen-bond acceptors (Lipinski definition) is 6. The van der Waals surface area contributed by atoms with E-state index < -0.39 is 42.3 Å². The lowest BCUT2D eigenvalue weighted by atomic mass is 10.0. The normalized spacial score (nSPS) is 14.2. The second kappa shape index (κ2) is 14.3. The molecule has 0 aliphatic carbocycles. The van der Waals surface area contributed by atoms with Crippen LogP contribution in [-0.2, 0) is 17.8 Å². The fourth-order valence-electron chi connectivity index (χ4n) is 5.14. The summed E-state index contributed by atoms with van der Waals surface area (Å²) in [6.07, 6.45) is -8.17. The van der Waals surface area contributed by atoms with Crippen LogP contribution in [0.4, 0.5) is 36.8 Å². The molecule has 1 aliphatic heterocycles. The van der Waals surface area contributed by atoms with Gasteiger partial charge in [0.1, 0.15) is 18.8 Å². The van der Waals surface area contributed by atoms with Gasteiger partial charge >= 0.3 is 18.4 Å². The summed E-state index contributed by atoms with van der Waals surface area (Å²) in [5.74, 6) is -0.393. The van der Waals surface area contributed by atoms with E-state index in [2.05, 4.69) is 5.32 Å². The SMILES string of the molecule is CCOC(=O)N1CCC(Nc2cc(=O)n(CC(F)(F)F)c3ccc(Cl)cc23)CC1.O=c1cc(O)c2cc(Cl)ccc2n1CC(F)(F)F. The summed E-state index contributed by atoms with van der Waals surface area (Å²) in [5, 5.41) is 13.9. The molecule has 9 nitrogen and oxygen atoms in total. The van der Waals surface area contributed by atoms with Crippen molar-refractivity contribution in [2.24, 2.45) is 0 Å². The lowest BCUT2D eigenvalue weighted by Crippen LogP contribution is -2.42. The number of fused-ring (bicyclic) bond motifs is 2. The van der Waals surface area contributed by atoms with Gasteiger partial charge in [-0.2, -0.15) is 26.3 Å². The van der Waals surface area contributed by atoms with Crippen molar-refractivity contribution in [2.75, 3.05) is 25.0 Å². The maximum Gasteiger partial charge on any atom is 0.409 e. The summed E-state index contributed by atoms with van der Waals surface area (Å²) >= 11 is 11.7. The highest BCUT2D eigenvalue weighted by Crippen LogP contribution is 2.30. The van der Waals surface area contributed by atoms with Gasteiger partial charge in [-0.1, -0.05) is 23.2 Å². The van der Waals surface area contributed by atoms with Gasteiger partial charge in [0, 0.05) is 57.8 Å². The van der Waals surface area contributed by atoms with Gasteiger partial charge in [0.2, 0.25) is 0 Å². The number of nitrogens with zero attached hydrogens (tertiary/aromatic N) is 3. The van der Waals surface area contributed by atoms with Crippen LogP contribution in [0.25, 0.3) is 21.8 Å². The number of amides is 1. The fourth-order valence-corrected chi connectivity index (χ4v) is 5.49. The van der Waals surface area contributed by atoms with Crippen LogP contribution in [0.1, 0.15) is 19.8 Å². The monoisotopic (exact) mass is 708 g/mol. The quantitative estimate of drug-likeness (QED) is 0.213. The molecule has 3 heterocycles. The molecule has 2 aromatic carbocycles. The van der Waals surface area contributed by atoms with Crippen LogP contribution >= 0.6 is 23.2 Å². The number of likely N-dealkylation sites (tertiary alicyclic amines) is 1. The predicted molar refractivity (Wildman–Crippen MR) is 165 cm³/mol. The molecule has 1 saturated heterocycles. The number of pyridine rings is 2. The molecule has 2 N–H and O–H groups in total. The van der Waals surface area contributed by atoms with Crippen LogP contribution in [0.3, 0.4) is 0 Å². The van der Waals surface area contributed by atoms with Crippen LogP contribution in [0.5, 0.6) is 5.75 Å². The fraction of sp³-hybridized carbons (Fsp3) is 0.367. The van der Waals surface area contributed by atoms with Crippen molar-refractivity contribution < 1.29 is 41.0 Å².